The molecule has 3 amide bonds. The lowest BCUT2D eigenvalue weighted by molar-refractivity contribution is -0.117. The Balaban J connectivity index is 1.58. The van der Waals surface area contributed by atoms with E-state index in [1.165, 1.54) is 32.1 Å². The highest BCUT2D eigenvalue weighted by Gasteiger charge is 2.23. The molecule has 4 N–H and O–H groups in total. The number of benzene rings is 1. The summed E-state index contributed by atoms with van der Waals surface area (Å²) >= 11 is 0. The molecule has 6 heteroatoms. The number of nitrogens with zero attached hydrogens (tertiary/aromatic N) is 1. The van der Waals surface area contributed by atoms with Crippen LogP contribution in [0.2, 0.25) is 0 Å². The second kappa shape index (κ2) is 7.66. The van der Waals surface area contributed by atoms with Crippen molar-refractivity contribution in [1.82, 2.24) is 5.32 Å². The van der Waals surface area contributed by atoms with Gasteiger partial charge in [-0.05, 0) is 30.5 Å². The van der Waals surface area contributed by atoms with Crippen molar-refractivity contribution in [3.63, 3.8) is 0 Å². The first-order valence-corrected chi connectivity index (χ1v) is 8.85. The first-order valence-electron chi connectivity index (χ1n) is 8.85. The van der Waals surface area contributed by atoms with E-state index in [0.29, 0.717) is 24.7 Å². The van der Waals surface area contributed by atoms with Crippen LogP contribution in [0.5, 0.6) is 0 Å². The minimum Gasteiger partial charge on any atom is -0.336 e. The summed E-state index contributed by atoms with van der Waals surface area (Å²) in [5, 5.41) is 5.66. The molecule has 1 heterocycles. The molecule has 1 aromatic carbocycles. The van der Waals surface area contributed by atoms with Gasteiger partial charge >= 0.3 is 6.03 Å². The third kappa shape index (κ3) is 4.06. The van der Waals surface area contributed by atoms with Crippen LogP contribution in [-0.4, -0.2) is 31.1 Å². The predicted octanol–water partition coefficient (Wildman–Crippen LogP) is 2.45. The third-order valence-corrected chi connectivity index (χ3v) is 4.93. The van der Waals surface area contributed by atoms with Crippen LogP contribution in [0.4, 0.5) is 16.2 Å². The predicted molar refractivity (Wildman–Crippen MR) is 95.0 cm³/mol. The SMILES string of the molecule is NC(CC1CCCCC1)C(=O)Nc1cccc(N2CCNC2=O)c1. The number of hydrogen-bond donors (Lipinski definition) is 3. The van der Waals surface area contributed by atoms with Crippen LogP contribution in [0.25, 0.3) is 0 Å². The molecule has 1 aliphatic heterocycles. The van der Waals surface area contributed by atoms with Crippen LogP contribution in [0, 0.1) is 5.92 Å². The van der Waals surface area contributed by atoms with Crippen molar-refractivity contribution >= 4 is 23.3 Å². The van der Waals surface area contributed by atoms with Crippen LogP contribution in [-0.2, 0) is 4.79 Å². The zero-order chi connectivity index (χ0) is 16.9. The van der Waals surface area contributed by atoms with Gasteiger partial charge in [0, 0.05) is 24.5 Å². The summed E-state index contributed by atoms with van der Waals surface area (Å²) in [5.41, 5.74) is 7.55. The molecule has 0 spiro atoms. The number of amides is 3. The normalized spacial score (nSPS) is 19.9. The maximum absolute atomic E-state index is 12.4. The smallest absolute Gasteiger partial charge is 0.321 e. The number of nitrogens with two attached hydrogens (primary N) is 1. The first-order chi connectivity index (χ1) is 11.6. The van der Waals surface area contributed by atoms with Gasteiger partial charge in [-0.2, -0.15) is 0 Å². The molecular formula is C18H26N4O2. The maximum Gasteiger partial charge on any atom is 0.321 e. The van der Waals surface area contributed by atoms with Crippen molar-refractivity contribution in [3.8, 4) is 0 Å². The quantitative estimate of drug-likeness (QED) is 0.775. The molecule has 1 aromatic rings. The van der Waals surface area contributed by atoms with E-state index >= 15 is 0 Å². The second-order valence-electron chi connectivity index (χ2n) is 6.77. The summed E-state index contributed by atoms with van der Waals surface area (Å²) in [4.78, 5) is 25.8. The molecular weight excluding hydrogens is 304 g/mol. The number of carbonyl (C=O) groups excluding carboxylic acids is 2. The van der Waals surface area contributed by atoms with E-state index in [9.17, 15) is 9.59 Å². The monoisotopic (exact) mass is 330 g/mol. The number of anilines is 2. The summed E-state index contributed by atoms with van der Waals surface area (Å²) in [6.07, 6.45) is 6.91. The molecule has 1 saturated heterocycles. The van der Waals surface area contributed by atoms with Crippen molar-refractivity contribution in [2.75, 3.05) is 23.3 Å². The Morgan fingerprint density at radius 3 is 2.83 bits per heavy atom. The van der Waals surface area contributed by atoms with Crippen LogP contribution < -0.4 is 21.3 Å². The van der Waals surface area contributed by atoms with Crippen LogP contribution >= 0.6 is 0 Å². The lowest BCUT2D eigenvalue weighted by atomic mass is 9.85. The maximum atomic E-state index is 12.4. The van der Waals surface area contributed by atoms with Gasteiger partial charge in [-0.15, -0.1) is 0 Å². The lowest BCUT2D eigenvalue weighted by Gasteiger charge is -2.24. The average molecular weight is 330 g/mol. The highest BCUT2D eigenvalue weighted by atomic mass is 16.2. The van der Waals surface area contributed by atoms with E-state index < -0.39 is 6.04 Å². The molecule has 24 heavy (non-hydrogen) atoms. The third-order valence-electron chi connectivity index (χ3n) is 4.93. The van der Waals surface area contributed by atoms with Gasteiger partial charge in [0.15, 0.2) is 0 Å². The van der Waals surface area contributed by atoms with Gasteiger partial charge in [-0.1, -0.05) is 38.2 Å². The van der Waals surface area contributed by atoms with E-state index in [4.69, 9.17) is 5.73 Å². The average Bonchev–Trinajstić information content (AvgIpc) is 3.02. The van der Waals surface area contributed by atoms with Crippen molar-refractivity contribution < 1.29 is 9.59 Å². The number of rotatable bonds is 5. The molecule has 1 saturated carbocycles. The summed E-state index contributed by atoms with van der Waals surface area (Å²) in [6.45, 7) is 1.28. The molecule has 1 unspecified atom stereocenters. The molecule has 2 fully saturated rings. The topological polar surface area (TPSA) is 87.5 Å². The number of nitrogens with one attached hydrogen (secondary N) is 2. The van der Waals surface area contributed by atoms with Gasteiger partial charge in [0.25, 0.3) is 0 Å². The van der Waals surface area contributed by atoms with E-state index in [0.717, 1.165) is 12.1 Å². The van der Waals surface area contributed by atoms with E-state index in [1.807, 2.05) is 24.3 Å². The van der Waals surface area contributed by atoms with Gasteiger partial charge < -0.3 is 16.4 Å². The molecule has 3 rings (SSSR count). The van der Waals surface area contributed by atoms with Crippen molar-refractivity contribution in [2.24, 2.45) is 11.7 Å². The zero-order valence-electron chi connectivity index (χ0n) is 14.0. The Morgan fingerprint density at radius 1 is 1.33 bits per heavy atom. The Hall–Kier alpha value is -2.08. The van der Waals surface area contributed by atoms with Crippen LogP contribution in [0.3, 0.4) is 0 Å². The zero-order valence-corrected chi connectivity index (χ0v) is 14.0. The summed E-state index contributed by atoms with van der Waals surface area (Å²) in [5.74, 6) is 0.419. The number of urea groups is 1. The Morgan fingerprint density at radius 2 is 2.12 bits per heavy atom. The molecule has 1 aliphatic carbocycles. The van der Waals surface area contributed by atoms with Gasteiger partial charge in [-0.25, -0.2) is 4.79 Å². The molecule has 6 nitrogen and oxygen atoms in total. The second-order valence-corrected chi connectivity index (χ2v) is 6.77. The van der Waals surface area contributed by atoms with Gasteiger partial charge in [-0.3, -0.25) is 9.69 Å². The van der Waals surface area contributed by atoms with E-state index in [2.05, 4.69) is 10.6 Å². The fraction of sp³-hybridized carbons (Fsp3) is 0.556. The molecule has 130 valence electrons. The van der Waals surface area contributed by atoms with Crippen LogP contribution in [0.1, 0.15) is 38.5 Å². The largest absolute Gasteiger partial charge is 0.336 e. The Kier molecular flexibility index (Phi) is 5.35. The van der Waals surface area contributed by atoms with Gasteiger partial charge in [0.2, 0.25) is 5.91 Å². The number of hydrogen-bond acceptors (Lipinski definition) is 3. The molecule has 0 radical (unpaired) electrons. The lowest BCUT2D eigenvalue weighted by Crippen LogP contribution is -2.37. The molecule has 0 bridgehead atoms. The van der Waals surface area contributed by atoms with Gasteiger partial charge in [0.05, 0.1) is 6.04 Å². The molecule has 1 atom stereocenters. The molecule has 2 aliphatic rings. The van der Waals surface area contributed by atoms with Crippen LogP contribution in [0.15, 0.2) is 24.3 Å². The van der Waals surface area contributed by atoms with Crippen molar-refractivity contribution in [3.05, 3.63) is 24.3 Å². The minimum atomic E-state index is -0.480. The Labute approximate surface area is 142 Å². The fourth-order valence-electron chi connectivity index (χ4n) is 3.59. The summed E-state index contributed by atoms with van der Waals surface area (Å²) in [6, 6.07) is 6.75. The van der Waals surface area contributed by atoms with Crippen molar-refractivity contribution in [1.29, 1.82) is 0 Å². The standard InChI is InChI=1S/C18H26N4O2/c19-16(11-13-5-2-1-3-6-13)17(23)21-14-7-4-8-15(12-14)22-10-9-20-18(22)24/h4,7-8,12-13,16H,1-3,5-6,9-11,19H2,(H,20,24)(H,21,23). The van der Waals surface area contributed by atoms with Gasteiger partial charge in [0.1, 0.15) is 0 Å². The van der Waals surface area contributed by atoms with E-state index in [1.54, 1.807) is 4.90 Å². The fourth-order valence-corrected chi connectivity index (χ4v) is 3.59. The van der Waals surface area contributed by atoms with Crippen molar-refractivity contribution in [2.45, 2.75) is 44.6 Å². The Bertz CT molecular complexity index is 598. The number of carbonyl (C=O) groups is 2. The summed E-state index contributed by atoms with van der Waals surface area (Å²) < 4.78 is 0. The minimum absolute atomic E-state index is 0.104. The first kappa shape index (κ1) is 16.8. The molecule has 0 aromatic heterocycles. The van der Waals surface area contributed by atoms with E-state index in [-0.39, 0.29) is 11.9 Å². The summed E-state index contributed by atoms with van der Waals surface area (Å²) in [7, 11) is 0. The highest BCUT2D eigenvalue weighted by molar-refractivity contribution is 5.97. The highest BCUT2D eigenvalue weighted by Crippen LogP contribution is 2.27.